The van der Waals surface area contributed by atoms with Gasteiger partial charge in [-0.3, -0.25) is 9.80 Å². The maximum absolute atomic E-state index is 6.07. The van der Waals surface area contributed by atoms with Crippen LogP contribution in [0.3, 0.4) is 0 Å². The first kappa shape index (κ1) is 17.5. The first-order valence-corrected chi connectivity index (χ1v) is 10.5. The SMILES string of the molecule is Cn1c(CN2CCCC2)nnc1[C@H]1CCCN(Cc2ccc(Cl)s2)C1. The molecular formula is C18H26ClN5S. The molecular weight excluding hydrogens is 354 g/mol. The Labute approximate surface area is 158 Å². The van der Waals surface area contributed by atoms with Gasteiger partial charge in [-0.05, 0) is 57.5 Å². The molecule has 0 spiro atoms. The molecule has 2 aliphatic rings. The Morgan fingerprint density at radius 2 is 1.88 bits per heavy atom. The average molecular weight is 380 g/mol. The largest absolute Gasteiger partial charge is 0.317 e. The molecule has 4 rings (SSSR count). The van der Waals surface area contributed by atoms with E-state index in [0.717, 1.165) is 42.2 Å². The van der Waals surface area contributed by atoms with Gasteiger partial charge in [-0.25, -0.2) is 0 Å². The van der Waals surface area contributed by atoms with Gasteiger partial charge in [-0.2, -0.15) is 0 Å². The first-order chi connectivity index (χ1) is 12.2. The number of hydrogen-bond acceptors (Lipinski definition) is 5. The normalized spacial score (nSPS) is 22.7. The number of halogens is 1. The van der Waals surface area contributed by atoms with E-state index in [1.807, 2.05) is 6.07 Å². The lowest BCUT2D eigenvalue weighted by Crippen LogP contribution is -2.34. The van der Waals surface area contributed by atoms with Crippen LogP contribution in [0.25, 0.3) is 0 Å². The van der Waals surface area contributed by atoms with Crippen molar-refractivity contribution in [2.24, 2.45) is 7.05 Å². The summed E-state index contributed by atoms with van der Waals surface area (Å²) in [6.07, 6.45) is 5.06. The Morgan fingerprint density at radius 3 is 2.64 bits per heavy atom. The van der Waals surface area contributed by atoms with E-state index in [4.69, 9.17) is 11.6 Å². The molecule has 2 aromatic rings. The molecule has 136 valence electrons. The van der Waals surface area contributed by atoms with Crippen LogP contribution in [0.2, 0.25) is 4.34 Å². The van der Waals surface area contributed by atoms with Crippen LogP contribution in [0, 0.1) is 0 Å². The Hall–Kier alpha value is -0.950. The Kier molecular flexibility index (Phi) is 5.41. The summed E-state index contributed by atoms with van der Waals surface area (Å²) in [5.41, 5.74) is 0. The first-order valence-electron chi connectivity index (χ1n) is 9.26. The highest BCUT2D eigenvalue weighted by atomic mass is 35.5. The fourth-order valence-corrected chi connectivity index (χ4v) is 5.21. The Morgan fingerprint density at radius 1 is 1.08 bits per heavy atom. The number of aromatic nitrogens is 3. The van der Waals surface area contributed by atoms with Gasteiger partial charge in [0.2, 0.25) is 0 Å². The quantitative estimate of drug-likeness (QED) is 0.796. The van der Waals surface area contributed by atoms with Gasteiger partial charge >= 0.3 is 0 Å². The van der Waals surface area contributed by atoms with Crippen molar-refractivity contribution in [1.29, 1.82) is 0 Å². The summed E-state index contributed by atoms with van der Waals surface area (Å²) in [6, 6.07) is 4.14. The van der Waals surface area contributed by atoms with Crippen LogP contribution in [0.4, 0.5) is 0 Å². The zero-order valence-corrected chi connectivity index (χ0v) is 16.4. The number of likely N-dealkylation sites (tertiary alicyclic amines) is 2. The number of nitrogens with zero attached hydrogens (tertiary/aromatic N) is 5. The van der Waals surface area contributed by atoms with Gasteiger partial charge in [0.25, 0.3) is 0 Å². The van der Waals surface area contributed by atoms with Crippen molar-refractivity contribution in [2.75, 3.05) is 26.2 Å². The third-order valence-electron chi connectivity index (χ3n) is 5.44. The zero-order chi connectivity index (χ0) is 17.2. The van der Waals surface area contributed by atoms with Gasteiger partial charge in [-0.1, -0.05) is 11.6 Å². The van der Waals surface area contributed by atoms with E-state index in [0.29, 0.717) is 5.92 Å². The van der Waals surface area contributed by atoms with Crippen molar-refractivity contribution in [1.82, 2.24) is 24.6 Å². The number of hydrogen-bond donors (Lipinski definition) is 0. The molecule has 0 radical (unpaired) electrons. The third kappa shape index (κ3) is 4.08. The lowest BCUT2D eigenvalue weighted by Gasteiger charge is -2.31. The second-order valence-electron chi connectivity index (χ2n) is 7.30. The molecule has 0 unspecified atom stereocenters. The van der Waals surface area contributed by atoms with Gasteiger partial charge in [0, 0.05) is 30.9 Å². The molecule has 7 heteroatoms. The summed E-state index contributed by atoms with van der Waals surface area (Å²) in [4.78, 5) is 6.37. The van der Waals surface area contributed by atoms with Crippen LogP contribution >= 0.6 is 22.9 Å². The van der Waals surface area contributed by atoms with E-state index in [-0.39, 0.29) is 0 Å². The summed E-state index contributed by atoms with van der Waals surface area (Å²) < 4.78 is 3.12. The van der Waals surface area contributed by atoms with Crippen LogP contribution in [0.5, 0.6) is 0 Å². The molecule has 2 fully saturated rings. The molecule has 0 N–H and O–H groups in total. The monoisotopic (exact) mass is 379 g/mol. The van der Waals surface area contributed by atoms with Gasteiger partial charge in [0.15, 0.2) is 0 Å². The van der Waals surface area contributed by atoms with Crippen molar-refractivity contribution < 1.29 is 0 Å². The average Bonchev–Trinajstić information content (AvgIpc) is 3.33. The van der Waals surface area contributed by atoms with Crippen molar-refractivity contribution in [3.63, 3.8) is 0 Å². The van der Waals surface area contributed by atoms with E-state index < -0.39 is 0 Å². The molecule has 0 aromatic carbocycles. The molecule has 5 nitrogen and oxygen atoms in total. The van der Waals surface area contributed by atoms with E-state index in [1.54, 1.807) is 11.3 Å². The maximum atomic E-state index is 6.07. The summed E-state index contributed by atoms with van der Waals surface area (Å²) >= 11 is 7.76. The number of rotatable bonds is 5. The van der Waals surface area contributed by atoms with Gasteiger partial charge < -0.3 is 4.57 Å². The Bertz CT molecular complexity index is 706. The smallest absolute Gasteiger partial charge is 0.146 e. The second kappa shape index (κ2) is 7.74. The minimum atomic E-state index is 0.481. The fourth-order valence-electron chi connectivity index (χ4n) is 4.08. The molecule has 2 saturated heterocycles. The van der Waals surface area contributed by atoms with Crippen molar-refractivity contribution in [2.45, 2.75) is 44.7 Å². The molecule has 0 amide bonds. The van der Waals surface area contributed by atoms with E-state index in [1.165, 1.54) is 43.6 Å². The minimum absolute atomic E-state index is 0.481. The van der Waals surface area contributed by atoms with Crippen LogP contribution in [0.15, 0.2) is 12.1 Å². The van der Waals surface area contributed by atoms with Crippen LogP contribution in [0.1, 0.15) is 48.1 Å². The molecule has 0 aliphatic carbocycles. The summed E-state index contributed by atoms with van der Waals surface area (Å²) in [6.45, 7) is 6.54. The van der Waals surface area contributed by atoms with Gasteiger partial charge in [-0.15, -0.1) is 21.5 Å². The van der Waals surface area contributed by atoms with Crippen molar-refractivity contribution in [3.8, 4) is 0 Å². The lowest BCUT2D eigenvalue weighted by atomic mass is 9.97. The molecule has 2 aromatic heterocycles. The molecule has 0 saturated carbocycles. The molecule has 0 bridgehead atoms. The topological polar surface area (TPSA) is 37.2 Å². The maximum Gasteiger partial charge on any atom is 0.146 e. The lowest BCUT2D eigenvalue weighted by molar-refractivity contribution is 0.196. The van der Waals surface area contributed by atoms with Gasteiger partial charge in [0.1, 0.15) is 11.6 Å². The number of piperidine rings is 1. The van der Waals surface area contributed by atoms with Crippen LogP contribution in [-0.2, 0) is 20.1 Å². The third-order valence-corrected chi connectivity index (χ3v) is 6.66. The highest BCUT2D eigenvalue weighted by Crippen LogP contribution is 2.29. The highest BCUT2D eigenvalue weighted by Gasteiger charge is 2.26. The zero-order valence-electron chi connectivity index (χ0n) is 14.8. The molecule has 25 heavy (non-hydrogen) atoms. The number of thiophene rings is 1. The van der Waals surface area contributed by atoms with Crippen molar-refractivity contribution >= 4 is 22.9 Å². The van der Waals surface area contributed by atoms with E-state index in [9.17, 15) is 0 Å². The molecule has 1 atom stereocenters. The summed E-state index contributed by atoms with van der Waals surface area (Å²) in [7, 11) is 2.14. The van der Waals surface area contributed by atoms with Crippen molar-refractivity contribution in [3.05, 3.63) is 33.0 Å². The Balaban J connectivity index is 1.41. The van der Waals surface area contributed by atoms with E-state index >= 15 is 0 Å². The summed E-state index contributed by atoms with van der Waals surface area (Å²) in [5.74, 6) is 2.75. The predicted octanol–water partition coefficient (Wildman–Crippen LogP) is 3.51. The predicted molar refractivity (Wildman–Crippen MR) is 102 cm³/mol. The molecule has 4 heterocycles. The van der Waals surface area contributed by atoms with Gasteiger partial charge in [0.05, 0.1) is 10.9 Å². The fraction of sp³-hybridized carbons (Fsp3) is 0.667. The van der Waals surface area contributed by atoms with Crippen LogP contribution < -0.4 is 0 Å². The standard InChI is InChI=1S/C18H26ClN5S/c1-22-17(13-23-8-2-3-9-23)20-21-18(22)14-5-4-10-24(11-14)12-15-6-7-16(19)25-15/h6-7,14H,2-5,8-13H2,1H3/t14-/m0/s1. The molecule has 2 aliphatic heterocycles. The van der Waals surface area contributed by atoms with Crippen LogP contribution in [-0.4, -0.2) is 50.7 Å². The minimum Gasteiger partial charge on any atom is -0.317 e. The van der Waals surface area contributed by atoms with E-state index in [2.05, 4.69) is 37.7 Å². The second-order valence-corrected chi connectivity index (χ2v) is 9.10. The summed E-state index contributed by atoms with van der Waals surface area (Å²) in [5, 5.41) is 9.07. The highest BCUT2D eigenvalue weighted by molar-refractivity contribution is 7.16.